The largest absolute Gasteiger partial charge is 0.506 e. The average molecular weight is 175 g/mol. The predicted octanol–water partition coefficient (Wildman–Crippen LogP) is 2.15. The molecule has 2 atom stereocenters. The first kappa shape index (κ1) is 7.36. The number of aromatic hydroxyl groups is 1. The molecule has 0 saturated heterocycles. The van der Waals surface area contributed by atoms with Crippen LogP contribution in [-0.2, 0) is 6.42 Å². The normalized spacial score (nSPS) is 29.3. The maximum absolute atomic E-state index is 9.66. The summed E-state index contributed by atoms with van der Waals surface area (Å²) in [6.07, 6.45) is 5.30. The molecule has 1 heterocycles. The number of pyridine rings is 1. The molecule has 2 unspecified atom stereocenters. The highest BCUT2D eigenvalue weighted by Crippen LogP contribution is 2.53. The lowest BCUT2D eigenvalue weighted by Crippen LogP contribution is -2.19. The van der Waals surface area contributed by atoms with Crippen molar-refractivity contribution in [2.75, 3.05) is 0 Å². The van der Waals surface area contributed by atoms with Gasteiger partial charge < -0.3 is 5.11 Å². The lowest BCUT2D eigenvalue weighted by molar-refractivity contribution is 0.279. The molecule has 0 aliphatic heterocycles. The predicted molar refractivity (Wildman–Crippen MR) is 49.8 cm³/mol. The summed E-state index contributed by atoms with van der Waals surface area (Å²) in [5.41, 5.74) is 3.66. The van der Waals surface area contributed by atoms with Crippen LogP contribution in [0.1, 0.15) is 35.6 Å². The van der Waals surface area contributed by atoms with Gasteiger partial charge in [0.15, 0.2) is 0 Å². The summed E-state index contributed by atoms with van der Waals surface area (Å²) in [5, 5.41) is 9.66. The van der Waals surface area contributed by atoms with Gasteiger partial charge in [-0.25, -0.2) is 0 Å². The van der Waals surface area contributed by atoms with Crippen molar-refractivity contribution in [1.82, 2.24) is 4.98 Å². The van der Waals surface area contributed by atoms with Crippen LogP contribution in [0.4, 0.5) is 0 Å². The third-order valence-corrected chi connectivity index (χ3v) is 3.66. The van der Waals surface area contributed by atoms with Crippen molar-refractivity contribution in [1.29, 1.82) is 0 Å². The highest BCUT2D eigenvalue weighted by molar-refractivity contribution is 5.47. The fraction of sp³-hybridized carbons (Fsp3) is 0.545. The molecule has 2 heteroatoms. The fourth-order valence-corrected chi connectivity index (χ4v) is 2.82. The van der Waals surface area contributed by atoms with Crippen molar-refractivity contribution in [2.24, 2.45) is 5.92 Å². The van der Waals surface area contributed by atoms with Crippen LogP contribution in [0.15, 0.2) is 6.20 Å². The van der Waals surface area contributed by atoms with Gasteiger partial charge in [0.05, 0.1) is 6.20 Å². The molecule has 13 heavy (non-hydrogen) atoms. The van der Waals surface area contributed by atoms with Crippen molar-refractivity contribution in [2.45, 2.75) is 32.1 Å². The second kappa shape index (κ2) is 2.25. The minimum atomic E-state index is 0.412. The van der Waals surface area contributed by atoms with Crippen molar-refractivity contribution >= 4 is 0 Å². The Morgan fingerprint density at radius 2 is 2.31 bits per heavy atom. The number of aryl methyl sites for hydroxylation is 1. The molecular formula is C11H13NO. The van der Waals surface area contributed by atoms with Crippen LogP contribution in [0.3, 0.4) is 0 Å². The van der Waals surface area contributed by atoms with Gasteiger partial charge in [-0.2, -0.15) is 0 Å². The molecule has 1 N–H and O–H groups in total. The Labute approximate surface area is 77.6 Å². The zero-order valence-electron chi connectivity index (χ0n) is 7.75. The van der Waals surface area contributed by atoms with Gasteiger partial charge in [0.25, 0.3) is 0 Å². The molecular weight excluding hydrogens is 162 g/mol. The Bertz CT molecular complexity index is 373. The molecule has 1 aromatic rings. The molecule has 1 fully saturated rings. The molecule has 0 aromatic carbocycles. The molecule has 0 spiro atoms. The summed E-state index contributed by atoms with van der Waals surface area (Å²) in [6, 6.07) is 0. The Balaban J connectivity index is 2.21. The van der Waals surface area contributed by atoms with E-state index >= 15 is 0 Å². The molecule has 2 aliphatic rings. The average Bonchev–Trinajstić information content (AvgIpc) is 2.33. The number of fused-ring (bicyclic) bond motifs is 3. The van der Waals surface area contributed by atoms with Gasteiger partial charge in [0.1, 0.15) is 5.75 Å². The van der Waals surface area contributed by atoms with E-state index in [9.17, 15) is 5.11 Å². The summed E-state index contributed by atoms with van der Waals surface area (Å²) < 4.78 is 0. The van der Waals surface area contributed by atoms with E-state index in [2.05, 4.69) is 11.9 Å². The highest BCUT2D eigenvalue weighted by Gasteiger charge is 2.41. The van der Waals surface area contributed by atoms with Crippen molar-refractivity contribution in [3.63, 3.8) is 0 Å². The Morgan fingerprint density at radius 1 is 1.46 bits per heavy atom. The first-order valence-corrected chi connectivity index (χ1v) is 4.94. The first-order chi connectivity index (χ1) is 6.27. The molecule has 0 amide bonds. The quantitative estimate of drug-likeness (QED) is 0.655. The molecule has 1 aromatic heterocycles. The smallest absolute Gasteiger partial charge is 0.137 e. The maximum atomic E-state index is 9.66. The maximum Gasteiger partial charge on any atom is 0.137 e. The first-order valence-electron chi connectivity index (χ1n) is 4.94. The molecule has 2 aliphatic carbocycles. The van der Waals surface area contributed by atoms with Crippen molar-refractivity contribution in [3.8, 4) is 5.75 Å². The Morgan fingerprint density at radius 3 is 3.00 bits per heavy atom. The second-order valence-corrected chi connectivity index (χ2v) is 4.27. The van der Waals surface area contributed by atoms with Gasteiger partial charge in [-0.3, -0.25) is 4.98 Å². The molecule has 2 nitrogen and oxygen atoms in total. The number of aromatic nitrogens is 1. The van der Waals surface area contributed by atoms with Crippen LogP contribution in [0.2, 0.25) is 0 Å². The summed E-state index contributed by atoms with van der Waals surface area (Å²) in [4.78, 5) is 4.22. The van der Waals surface area contributed by atoms with E-state index in [-0.39, 0.29) is 0 Å². The van der Waals surface area contributed by atoms with Gasteiger partial charge in [0, 0.05) is 11.3 Å². The van der Waals surface area contributed by atoms with E-state index in [0.29, 0.717) is 5.75 Å². The van der Waals surface area contributed by atoms with Gasteiger partial charge in [-0.1, -0.05) is 0 Å². The lowest BCUT2D eigenvalue weighted by atomic mass is 9.74. The van der Waals surface area contributed by atoms with Gasteiger partial charge in [-0.05, 0) is 43.6 Å². The van der Waals surface area contributed by atoms with Crippen LogP contribution in [-0.4, -0.2) is 10.1 Å². The summed E-state index contributed by atoms with van der Waals surface area (Å²) in [5.74, 6) is 1.94. The van der Waals surface area contributed by atoms with E-state index in [0.717, 1.165) is 24.0 Å². The Hall–Kier alpha value is -1.05. The third kappa shape index (κ3) is 0.808. The minimum Gasteiger partial charge on any atom is -0.506 e. The minimum absolute atomic E-state index is 0.412. The number of hydrogen-bond acceptors (Lipinski definition) is 2. The van der Waals surface area contributed by atoms with Crippen LogP contribution in [0.25, 0.3) is 0 Å². The van der Waals surface area contributed by atoms with E-state index in [1.165, 1.54) is 24.0 Å². The summed E-state index contributed by atoms with van der Waals surface area (Å²) >= 11 is 0. The van der Waals surface area contributed by atoms with E-state index < -0.39 is 0 Å². The van der Waals surface area contributed by atoms with Crippen LogP contribution in [0, 0.1) is 12.8 Å². The monoisotopic (exact) mass is 175 g/mol. The zero-order valence-corrected chi connectivity index (χ0v) is 7.75. The number of nitrogens with zero attached hydrogens (tertiary/aromatic N) is 1. The SMILES string of the molecule is Cc1ncc(O)c2c1C1CCC1C2. The number of hydrogen-bond donors (Lipinski definition) is 1. The Kier molecular flexibility index (Phi) is 1.27. The fourth-order valence-electron chi connectivity index (χ4n) is 2.82. The topological polar surface area (TPSA) is 33.1 Å². The molecule has 0 radical (unpaired) electrons. The number of rotatable bonds is 0. The van der Waals surface area contributed by atoms with E-state index in [4.69, 9.17) is 0 Å². The van der Waals surface area contributed by atoms with E-state index in [1.807, 2.05) is 0 Å². The van der Waals surface area contributed by atoms with Crippen molar-refractivity contribution in [3.05, 3.63) is 23.0 Å². The molecule has 0 bridgehead atoms. The van der Waals surface area contributed by atoms with Crippen LogP contribution in [0.5, 0.6) is 5.75 Å². The molecule has 68 valence electrons. The molecule has 3 rings (SSSR count). The molecule has 1 saturated carbocycles. The van der Waals surface area contributed by atoms with E-state index in [1.54, 1.807) is 6.20 Å². The highest BCUT2D eigenvalue weighted by atomic mass is 16.3. The lowest BCUT2D eigenvalue weighted by Gasteiger charge is -2.30. The third-order valence-electron chi connectivity index (χ3n) is 3.66. The summed E-state index contributed by atoms with van der Waals surface area (Å²) in [6.45, 7) is 2.05. The van der Waals surface area contributed by atoms with Gasteiger partial charge in [-0.15, -0.1) is 0 Å². The van der Waals surface area contributed by atoms with Crippen LogP contribution >= 0.6 is 0 Å². The van der Waals surface area contributed by atoms with Gasteiger partial charge >= 0.3 is 0 Å². The zero-order chi connectivity index (χ0) is 9.00. The standard InChI is InChI=1S/C11H13NO/c1-6-11-8-3-2-7(8)4-9(11)10(13)5-12-6/h5,7-8,13H,2-4H2,1H3. The second-order valence-electron chi connectivity index (χ2n) is 4.27. The summed E-state index contributed by atoms with van der Waals surface area (Å²) in [7, 11) is 0. The van der Waals surface area contributed by atoms with Crippen LogP contribution < -0.4 is 0 Å². The van der Waals surface area contributed by atoms with Gasteiger partial charge in [0.2, 0.25) is 0 Å². The van der Waals surface area contributed by atoms with Crippen molar-refractivity contribution < 1.29 is 5.11 Å².